The molecule has 0 unspecified atom stereocenters. The summed E-state index contributed by atoms with van der Waals surface area (Å²) in [4.78, 5) is 25.8. The van der Waals surface area contributed by atoms with Gasteiger partial charge in [-0.15, -0.1) is 0 Å². The molecule has 3 aromatic rings. The van der Waals surface area contributed by atoms with E-state index in [0.29, 0.717) is 5.75 Å². The maximum Gasteiger partial charge on any atom is 0.264 e. The van der Waals surface area contributed by atoms with Crippen molar-refractivity contribution in [1.29, 1.82) is 0 Å². The maximum atomic E-state index is 13.6. The van der Waals surface area contributed by atoms with E-state index in [2.05, 4.69) is 10.6 Å². The minimum Gasteiger partial charge on any atom is -0.497 e. The van der Waals surface area contributed by atoms with Crippen molar-refractivity contribution in [2.24, 2.45) is 0 Å². The number of methoxy groups -OCH3 is 2. The van der Waals surface area contributed by atoms with Crippen molar-refractivity contribution in [3.8, 4) is 11.5 Å². The second-order valence-corrected chi connectivity index (χ2v) is 9.95. The topological polar surface area (TPSA) is 114 Å². The summed E-state index contributed by atoms with van der Waals surface area (Å²) >= 11 is 0. The highest BCUT2D eigenvalue weighted by Gasteiger charge is 2.30. The van der Waals surface area contributed by atoms with Crippen molar-refractivity contribution in [2.45, 2.75) is 24.8 Å². The number of ether oxygens (including phenoxy) is 2. The smallest absolute Gasteiger partial charge is 0.264 e. The molecule has 0 saturated carbocycles. The van der Waals surface area contributed by atoms with Gasteiger partial charge in [0.15, 0.2) is 0 Å². The SMILES string of the molecule is COc1ccc(N(CC(=O)Nc2ccccc2C(=O)NC(C)C)S(=O)(=O)c2ccccc2)c(OC)c1. The van der Waals surface area contributed by atoms with Gasteiger partial charge in [-0.05, 0) is 50.2 Å². The van der Waals surface area contributed by atoms with Gasteiger partial charge in [-0.1, -0.05) is 30.3 Å². The van der Waals surface area contributed by atoms with Crippen LogP contribution >= 0.6 is 0 Å². The molecule has 3 rings (SSSR count). The van der Waals surface area contributed by atoms with Crippen molar-refractivity contribution in [2.75, 3.05) is 30.4 Å². The normalized spacial score (nSPS) is 11.0. The molecule has 0 fully saturated rings. The van der Waals surface area contributed by atoms with Crippen molar-refractivity contribution in [3.63, 3.8) is 0 Å². The molecule has 190 valence electrons. The van der Waals surface area contributed by atoms with E-state index in [9.17, 15) is 18.0 Å². The maximum absolute atomic E-state index is 13.6. The van der Waals surface area contributed by atoms with Gasteiger partial charge >= 0.3 is 0 Å². The van der Waals surface area contributed by atoms with Gasteiger partial charge < -0.3 is 20.1 Å². The van der Waals surface area contributed by atoms with Crippen LogP contribution in [0.3, 0.4) is 0 Å². The first-order chi connectivity index (χ1) is 17.2. The van der Waals surface area contributed by atoms with Crippen molar-refractivity contribution >= 4 is 33.2 Å². The molecule has 0 aromatic heterocycles. The Hall–Kier alpha value is -4.05. The van der Waals surface area contributed by atoms with E-state index >= 15 is 0 Å². The van der Waals surface area contributed by atoms with Gasteiger partial charge in [0.05, 0.1) is 36.1 Å². The average Bonchev–Trinajstić information content (AvgIpc) is 2.87. The Morgan fingerprint density at radius 1 is 0.917 bits per heavy atom. The zero-order valence-corrected chi connectivity index (χ0v) is 21.3. The second-order valence-electron chi connectivity index (χ2n) is 8.08. The first-order valence-corrected chi connectivity index (χ1v) is 12.6. The molecular formula is C26H29N3O6S. The van der Waals surface area contributed by atoms with Crippen LogP contribution in [-0.2, 0) is 14.8 Å². The van der Waals surface area contributed by atoms with Crippen LogP contribution in [0.5, 0.6) is 11.5 Å². The Morgan fingerprint density at radius 3 is 2.22 bits per heavy atom. The zero-order chi connectivity index (χ0) is 26.3. The molecule has 10 heteroatoms. The first-order valence-electron chi connectivity index (χ1n) is 11.2. The van der Waals surface area contributed by atoms with Crippen LogP contribution in [0.25, 0.3) is 0 Å². The fourth-order valence-electron chi connectivity index (χ4n) is 3.46. The molecule has 2 N–H and O–H groups in total. The summed E-state index contributed by atoms with van der Waals surface area (Å²) in [6.45, 7) is 3.08. The zero-order valence-electron chi connectivity index (χ0n) is 20.5. The number of nitrogens with one attached hydrogen (secondary N) is 2. The van der Waals surface area contributed by atoms with Gasteiger partial charge in [0.25, 0.3) is 15.9 Å². The predicted molar refractivity (Wildman–Crippen MR) is 138 cm³/mol. The van der Waals surface area contributed by atoms with Gasteiger partial charge in [0.2, 0.25) is 5.91 Å². The molecule has 0 saturated heterocycles. The van der Waals surface area contributed by atoms with E-state index in [1.54, 1.807) is 48.5 Å². The van der Waals surface area contributed by atoms with Crippen LogP contribution in [0.1, 0.15) is 24.2 Å². The predicted octanol–water partition coefficient (Wildman–Crippen LogP) is 3.68. The van der Waals surface area contributed by atoms with Gasteiger partial charge in [0.1, 0.15) is 18.0 Å². The molecule has 0 aliphatic rings. The van der Waals surface area contributed by atoms with Crippen LogP contribution < -0.4 is 24.4 Å². The lowest BCUT2D eigenvalue weighted by Gasteiger charge is -2.26. The Morgan fingerprint density at radius 2 is 1.58 bits per heavy atom. The third-order valence-corrected chi connectivity index (χ3v) is 6.91. The quantitative estimate of drug-likeness (QED) is 0.429. The van der Waals surface area contributed by atoms with Crippen LogP contribution in [0.2, 0.25) is 0 Å². The first kappa shape index (κ1) is 26.6. The number of hydrogen-bond acceptors (Lipinski definition) is 6. The molecular weight excluding hydrogens is 482 g/mol. The number of carbonyl (C=O) groups is 2. The average molecular weight is 512 g/mol. The Bertz CT molecular complexity index is 1330. The Balaban J connectivity index is 2.00. The van der Waals surface area contributed by atoms with Gasteiger partial charge in [0, 0.05) is 12.1 Å². The summed E-state index contributed by atoms with van der Waals surface area (Å²) in [5.41, 5.74) is 0.682. The molecule has 3 aromatic carbocycles. The fraction of sp³-hybridized carbons (Fsp3) is 0.231. The molecule has 0 spiro atoms. The number of benzene rings is 3. The minimum atomic E-state index is -4.16. The second kappa shape index (κ2) is 11.6. The van der Waals surface area contributed by atoms with Gasteiger partial charge in [-0.2, -0.15) is 0 Å². The summed E-state index contributed by atoms with van der Waals surface area (Å²) in [5.74, 6) is -0.329. The molecule has 36 heavy (non-hydrogen) atoms. The lowest BCUT2D eigenvalue weighted by atomic mass is 10.1. The fourth-order valence-corrected chi connectivity index (χ4v) is 4.91. The molecule has 2 amide bonds. The number of rotatable bonds is 10. The lowest BCUT2D eigenvalue weighted by molar-refractivity contribution is -0.114. The summed E-state index contributed by atoms with van der Waals surface area (Å²) in [6.07, 6.45) is 0. The van der Waals surface area contributed by atoms with E-state index in [-0.39, 0.29) is 39.5 Å². The Labute approximate surface area is 211 Å². The molecule has 9 nitrogen and oxygen atoms in total. The van der Waals surface area contributed by atoms with E-state index in [0.717, 1.165) is 4.31 Å². The van der Waals surface area contributed by atoms with Crippen molar-refractivity contribution in [3.05, 3.63) is 78.4 Å². The minimum absolute atomic E-state index is 0.00684. The van der Waals surface area contributed by atoms with Crippen LogP contribution in [0.4, 0.5) is 11.4 Å². The molecule has 0 heterocycles. The van der Waals surface area contributed by atoms with Crippen LogP contribution in [-0.4, -0.2) is 47.0 Å². The number of hydrogen-bond donors (Lipinski definition) is 2. The molecule has 0 radical (unpaired) electrons. The van der Waals surface area contributed by atoms with Crippen molar-refractivity contribution < 1.29 is 27.5 Å². The number of nitrogens with zero attached hydrogens (tertiary/aromatic N) is 1. The monoisotopic (exact) mass is 511 g/mol. The summed E-state index contributed by atoms with van der Waals surface area (Å²) in [5, 5.41) is 5.46. The summed E-state index contributed by atoms with van der Waals surface area (Å²) in [7, 11) is -1.29. The summed E-state index contributed by atoms with van der Waals surface area (Å²) in [6, 6.07) is 18.8. The van der Waals surface area contributed by atoms with E-state index in [1.807, 2.05) is 13.8 Å². The third-order valence-electron chi connectivity index (χ3n) is 5.14. The highest BCUT2D eigenvalue weighted by Crippen LogP contribution is 2.35. The molecule has 0 atom stereocenters. The Kier molecular flexibility index (Phi) is 8.55. The van der Waals surface area contributed by atoms with Crippen LogP contribution in [0.15, 0.2) is 77.7 Å². The van der Waals surface area contributed by atoms with E-state index in [4.69, 9.17) is 9.47 Å². The largest absolute Gasteiger partial charge is 0.497 e. The number of para-hydroxylation sites is 1. The van der Waals surface area contributed by atoms with Gasteiger partial charge in [-0.25, -0.2) is 8.42 Å². The van der Waals surface area contributed by atoms with E-state index < -0.39 is 22.5 Å². The highest BCUT2D eigenvalue weighted by molar-refractivity contribution is 7.92. The summed E-state index contributed by atoms with van der Waals surface area (Å²) < 4.78 is 38.9. The molecule has 0 aliphatic heterocycles. The number of carbonyl (C=O) groups excluding carboxylic acids is 2. The van der Waals surface area contributed by atoms with Crippen molar-refractivity contribution in [1.82, 2.24) is 5.32 Å². The molecule has 0 bridgehead atoms. The number of anilines is 2. The van der Waals surface area contributed by atoms with Gasteiger partial charge in [-0.3, -0.25) is 13.9 Å². The molecule has 0 aliphatic carbocycles. The highest BCUT2D eigenvalue weighted by atomic mass is 32.2. The van der Waals surface area contributed by atoms with Crippen LogP contribution in [0, 0.1) is 0 Å². The van der Waals surface area contributed by atoms with E-state index in [1.165, 1.54) is 38.5 Å². The lowest BCUT2D eigenvalue weighted by Crippen LogP contribution is -2.38. The third kappa shape index (κ3) is 6.14. The number of sulfonamides is 1. The number of amides is 2. The standard InChI is InChI=1S/C26H29N3O6S/c1-18(2)27-26(31)21-12-8-9-13-22(21)28-25(30)17-29(36(32,33)20-10-6-5-7-11-20)23-15-14-19(34-3)16-24(23)35-4/h5-16,18H,17H2,1-4H3,(H,27,31)(H,28,30).